The van der Waals surface area contributed by atoms with Crippen LogP contribution in [-0.4, -0.2) is 0 Å². The van der Waals surface area contributed by atoms with E-state index in [2.05, 4.69) is 89.4 Å². The second-order valence-electron chi connectivity index (χ2n) is 9.45. The molecule has 0 spiro atoms. The Morgan fingerprint density at radius 1 is 0.765 bits per heavy atom. The maximum absolute atomic E-state index is 4.19. The molecular formula is C34H42. The highest BCUT2D eigenvalue weighted by Gasteiger charge is 2.15. The highest BCUT2D eigenvalue weighted by atomic mass is 14.2. The number of hydrogen-bond donors (Lipinski definition) is 0. The molecule has 0 N–H and O–H groups in total. The van der Waals surface area contributed by atoms with Crippen LogP contribution >= 0.6 is 0 Å². The van der Waals surface area contributed by atoms with Crippen molar-refractivity contribution in [3.63, 3.8) is 0 Å². The first kappa shape index (κ1) is 25.8. The molecule has 0 nitrogen and oxygen atoms in total. The highest BCUT2D eigenvalue weighted by molar-refractivity contribution is 5.94. The molecule has 3 aromatic carbocycles. The molecule has 0 fully saturated rings. The minimum atomic E-state index is 1.03. The van der Waals surface area contributed by atoms with Crippen molar-refractivity contribution in [3.05, 3.63) is 89.0 Å². The maximum atomic E-state index is 4.19. The van der Waals surface area contributed by atoms with Crippen molar-refractivity contribution in [3.8, 4) is 11.1 Å². The number of benzene rings is 3. The van der Waals surface area contributed by atoms with Crippen LogP contribution in [-0.2, 0) is 12.8 Å². The van der Waals surface area contributed by atoms with Gasteiger partial charge in [0.15, 0.2) is 0 Å². The highest BCUT2D eigenvalue weighted by Crippen LogP contribution is 2.37. The molecular weight excluding hydrogens is 408 g/mol. The summed E-state index contributed by atoms with van der Waals surface area (Å²) in [6, 6.07) is 14.0. The second-order valence-corrected chi connectivity index (χ2v) is 9.45. The van der Waals surface area contributed by atoms with Gasteiger partial charge in [0.05, 0.1) is 0 Å². The van der Waals surface area contributed by atoms with Gasteiger partial charge in [0.2, 0.25) is 0 Å². The summed E-state index contributed by atoms with van der Waals surface area (Å²) in [5.74, 6) is 0. The van der Waals surface area contributed by atoms with Crippen LogP contribution in [0.25, 0.3) is 40.1 Å². The van der Waals surface area contributed by atoms with Gasteiger partial charge < -0.3 is 0 Å². The monoisotopic (exact) mass is 450 g/mol. The smallest absolute Gasteiger partial charge is 0.00706 e. The summed E-state index contributed by atoms with van der Waals surface area (Å²) < 4.78 is 0. The van der Waals surface area contributed by atoms with Gasteiger partial charge in [-0.2, -0.15) is 0 Å². The largest absolute Gasteiger partial charge is 0.0984 e. The van der Waals surface area contributed by atoms with E-state index in [0.29, 0.717) is 0 Å². The van der Waals surface area contributed by atoms with Crippen molar-refractivity contribution < 1.29 is 0 Å². The average molecular weight is 451 g/mol. The van der Waals surface area contributed by atoms with Gasteiger partial charge >= 0.3 is 0 Å². The van der Waals surface area contributed by atoms with E-state index in [-0.39, 0.29) is 0 Å². The first-order valence-corrected chi connectivity index (χ1v) is 13.2. The Labute approximate surface area is 208 Å². The molecule has 34 heavy (non-hydrogen) atoms. The number of unbranched alkanes of at least 4 members (excludes halogenated alkanes) is 5. The summed E-state index contributed by atoms with van der Waals surface area (Å²) in [6.07, 6.45) is 18.4. The van der Waals surface area contributed by atoms with Crippen LogP contribution in [0.1, 0.15) is 92.7 Å². The molecule has 0 aliphatic heterocycles. The number of aryl methyl sites for hydroxylation is 3. The topological polar surface area (TPSA) is 0 Å². The van der Waals surface area contributed by atoms with Crippen LogP contribution < -0.4 is 0 Å². The molecule has 0 heteroatoms. The normalized spacial score (nSPS) is 11.4. The van der Waals surface area contributed by atoms with E-state index >= 15 is 0 Å². The maximum Gasteiger partial charge on any atom is -0.00706 e. The van der Waals surface area contributed by atoms with Crippen molar-refractivity contribution in [2.24, 2.45) is 0 Å². The SMILES string of the molecule is C=Cc1ccc(CCCCCCCC)c(-c2cc3cc(CC)c(/C=C\C)cc3cc2C)c1C=C. The lowest BCUT2D eigenvalue weighted by atomic mass is 9.85. The Morgan fingerprint density at radius 3 is 2.18 bits per heavy atom. The molecule has 3 rings (SSSR count). The van der Waals surface area contributed by atoms with Crippen molar-refractivity contribution in [2.75, 3.05) is 0 Å². The third-order valence-corrected chi connectivity index (χ3v) is 7.03. The molecule has 0 unspecified atom stereocenters. The van der Waals surface area contributed by atoms with Crippen LogP contribution in [0, 0.1) is 6.92 Å². The van der Waals surface area contributed by atoms with E-state index < -0.39 is 0 Å². The van der Waals surface area contributed by atoms with E-state index in [9.17, 15) is 0 Å². The lowest BCUT2D eigenvalue weighted by Gasteiger charge is -2.19. The molecule has 0 atom stereocenters. The number of allylic oxidation sites excluding steroid dienone is 1. The van der Waals surface area contributed by atoms with Crippen molar-refractivity contribution in [1.82, 2.24) is 0 Å². The number of rotatable bonds is 12. The molecule has 0 aliphatic rings. The summed E-state index contributed by atoms with van der Waals surface area (Å²) >= 11 is 0. The second kappa shape index (κ2) is 12.6. The summed E-state index contributed by atoms with van der Waals surface area (Å²) in [4.78, 5) is 0. The third kappa shape index (κ3) is 5.79. The van der Waals surface area contributed by atoms with Gasteiger partial charge in [-0.15, -0.1) is 0 Å². The van der Waals surface area contributed by atoms with Crippen LogP contribution in [0.4, 0.5) is 0 Å². The molecule has 0 heterocycles. The van der Waals surface area contributed by atoms with Crippen LogP contribution in [0.3, 0.4) is 0 Å². The fourth-order valence-electron chi connectivity index (χ4n) is 5.14. The minimum Gasteiger partial charge on any atom is -0.0984 e. The lowest BCUT2D eigenvalue weighted by Crippen LogP contribution is -1.99. The standard InChI is InChI=1S/C34H42/c1-7-12-13-14-15-16-18-28-20-19-26(9-3)32(11-5)34(28)33-24-31-22-27(10-4)29(17-8-2)23-30(31)21-25(33)6/h8-9,11,17,19-24H,3,5,7,10,12-16,18H2,1-2,4,6H3/b17-8-. The van der Waals surface area contributed by atoms with Gasteiger partial charge in [0, 0.05) is 0 Å². The zero-order valence-electron chi connectivity index (χ0n) is 21.8. The molecule has 0 saturated heterocycles. The lowest BCUT2D eigenvalue weighted by molar-refractivity contribution is 0.608. The zero-order chi connectivity index (χ0) is 24.5. The van der Waals surface area contributed by atoms with Crippen molar-refractivity contribution in [2.45, 2.75) is 79.1 Å². The van der Waals surface area contributed by atoms with Gasteiger partial charge in [-0.25, -0.2) is 0 Å². The summed E-state index contributed by atoms with van der Waals surface area (Å²) in [7, 11) is 0. The number of fused-ring (bicyclic) bond motifs is 1. The van der Waals surface area contributed by atoms with Gasteiger partial charge in [-0.3, -0.25) is 0 Å². The molecule has 0 amide bonds. The van der Waals surface area contributed by atoms with Gasteiger partial charge in [-0.05, 0) is 101 Å². The van der Waals surface area contributed by atoms with E-state index in [4.69, 9.17) is 0 Å². The van der Waals surface area contributed by atoms with Crippen LogP contribution in [0.2, 0.25) is 0 Å². The molecule has 0 bridgehead atoms. The summed E-state index contributed by atoms with van der Waals surface area (Å²) in [5.41, 5.74) is 10.5. The molecule has 178 valence electrons. The Balaban J connectivity index is 2.11. The molecule has 0 aliphatic carbocycles. The Bertz CT molecular complexity index is 1170. The van der Waals surface area contributed by atoms with Gasteiger partial charge in [-0.1, -0.05) is 108 Å². The summed E-state index contributed by atoms with van der Waals surface area (Å²) in [5, 5.41) is 2.62. The fraction of sp³-hybridized carbons (Fsp3) is 0.353. The summed E-state index contributed by atoms with van der Waals surface area (Å²) in [6.45, 7) is 17.1. The van der Waals surface area contributed by atoms with Gasteiger partial charge in [0.1, 0.15) is 0 Å². The number of hydrogen-bond acceptors (Lipinski definition) is 0. The van der Waals surface area contributed by atoms with E-state index in [1.807, 2.05) is 12.2 Å². The van der Waals surface area contributed by atoms with E-state index in [1.54, 1.807) is 0 Å². The van der Waals surface area contributed by atoms with E-state index in [0.717, 1.165) is 18.4 Å². The predicted molar refractivity (Wildman–Crippen MR) is 155 cm³/mol. The Hall–Kier alpha value is -2.86. The van der Waals surface area contributed by atoms with Gasteiger partial charge in [0.25, 0.3) is 0 Å². The average Bonchev–Trinajstić information content (AvgIpc) is 2.85. The molecule has 0 aromatic heterocycles. The Morgan fingerprint density at radius 2 is 1.50 bits per heavy atom. The fourth-order valence-corrected chi connectivity index (χ4v) is 5.14. The van der Waals surface area contributed by atoms with Crippen LogP contribution in [0.15, 0.2) is 55.6 Å². The van der Waals surface area contributed by atoms with Crippen molar-refractivity contribution >= 4 is 29.0 Å². The molecule has 3 aromatic rings. The predicted octanol–water partition coefficient (Wildman–Crippen LogP) is 10.6. The quantitative estimate of drug-likeness (QED) is 0.241. The first-order chi connectivity index (χ1) is 16.6. The van der Waals surface area contributed by atoms with Crippen molar-refractivity contribution in [1.29, 1.82) is 0 Å². The first-order valence-electron chi connectivity index (χ1n) is 13.2. The van der Waals surface area contributed by atoms with E-state index in [1.165, 1.54) is 88.2 Å². The molecule has 0 radical (unpaired) electrons. The minimum absolute atomic E-state index is 1.03. The van der Waals surface area contributed by atoms with Crippen LogP contribution in [0.5, 0.6) is 0 Å². The molecule has 0 saturated carbocycles. The Kier molecular flexibility index (Phi) is 9.52. The third-order valence-electron chi connectivity index (χ3n) is 7.03. The zero-order valence-corrected chi connectivity index (χ0v) is 21.8.